The fourth-order valence-electron chi connectivity index (χ4n) is 1.49. The molecule has 0 aliphatic rings. The average Bonchev–Trinajstić information content (AvgIpc) is 3.01. The van der Waals surface area contributed by atoms with Crippen LogP contribution in [0.15, 0.2) is 42.9 Å². The van der Waals surface area contributed by atoms with E-state index in [2.05, 4.69) is 9.97 Å². The minimum atomic E-state index is -1.27. The normalized spacial score (nSPS) is 11.0. The fraction of sp³-hybridized carbons (Fsp3) is 0.133. The van der Waals surface area contributed by atoms with Gasteiger partial charge in [0.1, 0.15) is 5.75 Å². The molecule has 1 radical (unpaired) electrons. The molecule has 0 bridgehead atoms. The number of aromatic nitrogens is 2. The van der Waals surface area contributed by atoms with Gasteiger partial charge in [-0.25, -0.2) is 4.98 Å². The van der Waals surface area contributed by atoms with Crippen LogP contribution in [0.5, 0.6) is 5.75 Å². The molecule has 1 atom stereocenters. The number of imidazole rings is 1. The maximum Gasteiger partial charge on any atom is 2.00 e. The number of aromatic hydroxyl groups is 1. The number of hydrogen-bond acceptors (Lipinski definition) is 7. The van der Waals surface area contributed by atoms with Gasteiger partial charge in [-0.2, -0.15) is 0 Å². The number of rotatable bonds is 5. The molecule has 2 aromatic rings. The number of phenols is 1. The Morgan fingerprint density at radius 2 is 1.92 bits per heavy atom. The first-order valence-electron chi connectivity index (χ1n) is 6.50. The SMILES string of the molecule is N[C@@H](Cc1ccc(O)cc1)C(=O)[O-].O=C([O-])C=Cc1c[nH]cn1.[Mn+2]. The van der Waals surface area contributed by atoms with Crippen molar-refractivity contribution in [1.82, 2.24) is 9.97 Å². The van der Waals surface area contributed by atoms with Gasteiger partial charge in [0.25, 0.3) is 0 Å². The first-order chi connectivity index (χ1) is 10.9. The number of nitrogens with two attached hydrogens (primary N) is 1. The Kier molecular flexibility index (Phi) is 9.81. The Balaban J connectivity index is 0.000000436. The second-order valence-corrected chi connectivity index (χ2v) is 4.44. The van der Waals surface area contributed by atoms with Crippen molar-refractivity contribution in [3.8, 4) is 5.75 Å². The second kappa shape index (κ2) is 11.0. The molecule has 0 aliphatic heterocycles. The number of carbonyl (C=O) groups is 2. The van der Waals surface area contributed by atoms with Crippen molar-refractivity contribution < 1.29 is 42.0 Å². The topological polar surface area (TPSA) is 155 Å². The molecular weight excluding hydrogens is 357 g/mol. The third-order valence-electron chi connectivity index (χ3n) is 2.60. The number of nitrogens with zero attached hydrogens (tertiary/aromatic N) is 1. The number of carbonyl (C=O) groups excluding carboxylic acids is 2. The van der Waals surface area contributed by atoms with Crippen LogP contribution in [0.3, 0.4) is 0 Å². The molecular formula is C15H15MnN3O5. The summed E-state index contributed by atoms with van der Waals surface area (Å²) in [4.78, 5) is 26.6. The molecule has 4 N–H and O–H groups in total. The Morgan fingerprint density at radius 3 is 2.38 bits per heavy atom. The summed E-state index contributed by atoms with van der Waals surface area (Å²) in [5.74, 6) is -2.35. The first-order valence-corrected chi connectivity index (χ1v) is 6.50. The van der Waals surface area contributed by atoms with Gasteiger partial charge in [0.2, 0.25) is 0 Å². The van der Waals surface area contributed by atoms with Crippen LogP contribution < -0.4 is 15.9 Å². The summed E-state index contributed by atoms with van der Waals surface area (Å²) in [6.07, 6.45) is 5.54. The van der Waals surface area contributed by atoms with Crippen LogP contribution in [0.25, 0.3) is 6.08 Å². The molecule has 1 heterocycles. The second-order valence-electron chi connectivity index (χ2n) is 4.44. The van der Waals surface area contributed by atoms with Crippen molar-refractivity contribution in [3.05, 3.63) is 54.1 Å². The summed E-state index contributed by atoms with van der Waals surface area (Å²) in [7, 11) is 0. The monoisotopic (exact) mass is 372 g/mol. The molecule has 1 aromatic carbocycles. The predicted octanol–water partition coefficient (Wildman–Crippen LogP) is -1.82. The minimum Gasteiger partial charge on any atom is -0.548 e. The summed E-state index contributed by atoms with van der Waals surface area (Å²) in [5, 5.41) is 29.1. The zero-order chi connectivity index (χ0) is 17.2. The Morgan fingerprint density at radius 1 is 1.29 bits per heavy atom. The molecule has 0 saturated heterocycles. The summed E-state index contributed by atoms with van der Waals surface area (Å²) < 4.78 is 0. The summed E-state index contributed by atoms with van der Waals surface area (Å²) in [5.41, 5.74) is 6.59. The molecule has 0 spiro atoms. The van der Waals surface area contributed by atoms with Gasteiger partial charge in [0, 0.05) is 12.2 Å². The van der Waals surface area contributed by atoms with Gasteiger partial charge < -0.3 is 35.6 Å². The van der Waals surface area contributed by atoms with E-state index in [4.69, 9.17) is 10.8 Å². The van der Waals surface area contributed by atoms with Gasteiger partial charge in [-0.3, -0.25) is 0 Å². The number of aliphatic carboxylic acids is 2. The first kappa shape index (κ1) is 21.4. The standard InChI is InChI=1S/C9H11NO3.C6H6N2O2.Mn/c10-8(9(12)13)5-6-1-3-7(11)4-2-6;9-6(10)2-1-5-3-7-4-8-5;/h1-4,8,11H,5,10H2,(H,12,13);1-4H,(H,7,8)(H,9,10);/q;;+2/p-2/t8-;;/m0../s1. The van der Waals surface area contributed by atoms with E-state index >= 15 is 0 Å². The van der Waals surface area contributed by atoms with Crippen LogP contribution in [0, 0.1) is 0 Å². The smallest absolute Gasteiger partial charge is 0.548 e. The molecule has 0 amide bonds. The molecule has 24 heavy (non-hydrogen) atoms. The van der Waals surface area contributed by atoms with E-state index in [1.165, 1.54) is 24.5 Å². The molecule has 0 unspecified atom stereocenters. The van der Waals surface area contributed by atoms with Crippen molar-refractivity contribution in [2.75, 3.05) is 0 Å². The van der Waals surface area contributed by atoms with Crippen molar-refractivity contribution in [1.29, 1.82) is 0 Å². The van der Waals surface area contributed by atoms with Crippen LogP contribution >= 0.6 is 0 Å². The molecule has 0 fully saturated rings. The minimum absolute atomic E-state index is 0. The van der Waals surface area contributed by atoms with E-state index in [0.29, 0.717) is 5.69 Å². The van der Waals surface area contributed by atoms with Crippen LogP contribution in [0.4, 0.5) is 0 Å². The summed E-state index contributed by atoms with van der Waals surface area (Å²) >= 11 is 0. The fourth-order valence-corrected chi connectivity index (χ4v) is 1.49. The average molecular weight is 372 g/mol. The Hall–Kier alpha value is -2.61. The number of aromatic amines is 1. The van der Waals surface area contributed by atoms with E-state index < -0.39 is 18.0 Å². The van der Waals surface area contributed by atoms with Gasteiger partial charge in [0.05, 0.1) is 24.0 Å². The van der Waals surface area contributed by atoms with Crippen LogP contribution in [0.2, 0.25) is 0 Å². The van der Waals surface area contributed by atoms with E-state index in [9.17, 15) is 19.8 Å². The third kappa shape index (κ3) is 8.74. The van der Waals surface area contributed by atoms with Gasteiger partial charge in [0.15, 0.2) is 0 Å². The van der Waals surface area contributed by atoms with Crippen molar-refractivity contribution in [2.45, 2.75) is 12.5 Å². The number of hydrogen-bond donors (Lipinski definition) is 3. The van der Waals surface area contributed by atoms with Gasteiger partial charge >= 0.3 is 17.1 Å². The van der Waals surface area contributed by atoms with Crippen LogP contribution in [-0.4, -0.2) is 33.1 Å². The molecule has 1 aromatic heterocycles. The number of carboxylic acids is 2. The molecule has 127 valence electrons. The Labute approximate surface area is 148 Å². The molecule has 8 nitrogen and oxygen atoms in total. The largest absolute Gasteiger partial charge is 2.00 e. The van der Waals surface area contributed by atoms with E-state index in [0.717, 1.165) is 11.6 Å². The third-order valence-corrected chi connectivity index (χ3v) is 2.60. The van der Waals surface area contributed by atoms with E-state index in [-0.39, 0.29) is 29.2 Å². The number of nitrogens with one attached hydrogen (secondary N) is 1. The quantitative estimate of drug-likeness (QED) is 0.412. The molecule has 0 saturated carbocycles. The van der Waals surface area contributed by atoms with E-state index in [1.807, 2.05) is 0 Å². The summed E-state index contributed by atoms with van der Waals surface area (Å²) in [6, 6.07) is 5.22. The number of benzene rings is 1. The van der Waals surface area contributed by atoms with Gasteiger partial charge in [-0.1, -0.05) is 12.1 Å². The number of H-pyrrole nitrogens is 1. The maximum atomic E-state index is 10.3. The predicted molar refractivity (Wildman–Crippen MR) is 77.4 cm³/mol. The number of phenolic OH excluding ortho intramolecular Hbond substituents is 1. The molecule has 2 rings (SSSR count). The van der Waals surface area contributed by atoms with Gasteiger partial charge in [-0.15, -0.1) is 0 Å². The number of carboxylic acid groups (broad SMARTS) is 2. The van der Waals surface area contributed by atoms with Gasteiger partial charge in [-0.05, 0) is 36.3 Å². The van der Waals surface area contributed by atoms with Crippen molar-refractivity contribution in [2.24, 2.45) is 5.73 Å². The van der Waals surface area contributed by atoms with E-state index in [1.54, 1.807) is 18.3 Å². The van der Waals surface area contributed by atoms with Crippen LogP contribution in [0.1, 0.15) is 11.3 Å². The van der Waals surface area contributed by atoms with Crippen molar-refractivity contribution >= 4 is 18.0 Å². The van der Waals surface area contributed by atoms with Crippen LogP contribution in [-0.2, 0) is 33.1 Å². The zero-order valence-corrected chi connectivity index (χ0v) is 13.6. The summed E-state index contributed by atoms with van der Waals surface area (Å²) in [6.45, 7) is 0. The maximum absolute atomic E-state index is 10.3. The molecule has 9 heteroatoms. The zero-order valence-electron chi connectivity index (χ0n) is 12.4. The Bertz CT molecular complexity index is 656. The molecule has 0 aliphatic carbocycles. The van der Waals surface area contributed by atoms with Crippen molar-refractivity contribution in [3.63, 3.8) is 0 Å².